The second-order valence-electron chi connectivity index (χ2n) is 5.48. The average Bonchev–Trinajstić information content (AvgIpc) is 2.20. The number of rotatable bonds is 3. The third-order valence-corrected chi connectivity index (χ3v) is 4.07. The number of aryl methyl sites for hydroxylation is 2. The van der Waals surface area contributed by atoms with Gasteiger partial charge in [-0.2, -0.15) is 0 Å². The maximum Gasteiger partial charge on any atom is 0.251 e. The zero-order valence-electron chi connectivity index (χ0n) is 11.4. The molecule has 0 aromatic heterocycles. The van der Waals surface area contributed by atoms with Gasteiger partial charge in [0.05, 0.1) is 0 Å². The Morgan fingerprint density at radius 3 is 2.56 bits per heavy atom. The molecule has 3 heteroatoms. The molecule has 1 saturated carbocycles. The van der Waals surface area contributed by atoms with Crippen molar-refractivity contribution in [3.8, 4) is 0 Å². The lowest BCUT2D eigenvalue weighted by Crippen LogP contribution is -2.40. The second kappa shape index (κ2) is 5.01. The Hall–Kier alpha value is -1.51. The predicted molar refractivity (Wildman–Crippen MR) is 74.6 cm³/mol. The molecule has 3 nitrogen and oxygen atoms in total. The number of nitrogens with two attached hydrogens (primary N) is 1. The summed E-state index contributed by atoms with van der Waals surface area (Å²) >= 11 is 0. The summed E-state index contributed by atoms with van der Waals surface area (Å²) in [5.41, 5.74) is 9.27. The molecule has 0 radical (unpaired) electrons. The van der Waals surface area contributed by atoms with Crippen LogP contribution in [-0.4, -0.2) is 11.9 Å². The van der Waals surface area contributed by atoms with Crippen LogP contribution in [0.1, 0.15) is 47.7 Å². The van der Waals surface area contributed by atoms with Crippen LogP contribution in [0.4, 0.5) is 5.69 Å². The number of anilines is 1. The highest BCUT2D eigenvalue weighted by atomic mass is 16.1. The van der Waals surface area contributed by atoms with Crippen LogP contribution in [0.25, 0.3) is 0 Å². The molecule has 0 heterocycles. The number of hydrogen-bond acceptors (Lipinski definition) is 2. The van der Waals surface area contributed by atoms with Crippen molar-refractivity contribution in [2.24, 2.45) is 5.92 Å². The van der Waals surface area contributed by atoms with Gasteiger partial charge in [0, 0.05) is 17.3 Å². The summed E-state index contributed by atoms with van der Waals surface area (Å²) in [6.45, 7) is 6.00. The van der Waals surface area contributed by atoms with Crippen molar-refractivity contribution < 1.29 is 4.79 Å². The standard InChI is InChI=1S/C15H22N2O/c1-9-7-10(2)14(16)8-13(9)15(18)17-11(3)12-5-4-6-12/h7-8,11-12H,4-6,16H2,1-3H3,(H,17,18). The van der Waals surface area contributed by atoms with Crippen molar-refractivity contribution in [1.29, 1.82) is 0 Å². The van der Waals surface area contributed by atoms with Crippen LogP contribution in [0.3, 0.4) is 0 Å². The average molecular weight is 246 g/mol. The van der Waals surface area contributed by atoms with Gasteiger partial charge in [0.15, 0.2) is 0 Å². The number of amides is 1. The van der Waals surface area contributed by atoms with Gasteiger partial charge in [0.2, 0.25) is 0 Å². The van der Waals surface area contributed by atoms with E-state index in [4.69, 9.17) is 5.73 Å². The maximum atomic E-state index is 12.2. The highest BCUT2D eigenvalue weighted by Gasteiger charge is 2.25. The summed E-state index contributed by atoms with van der Waals surface area (Å²) in [6.07, 6.45) is 3.76. The van der Waals surface area contributed by atoms with E-state index in [-0.39, 0.29) is 11.9 Å². The molecular weight excluding hydrogens is 224 g/mol. The van der Waals surface area contributed by atoms with Crippen molar-refractivity contribution in [2.75, 3.05) is 5.73 Å². The quantitative estimate of drug-likeness (QED) is 0.806. The smallest absolute Gasteiger partial charge is 0.251 e. The molecule has 0 aliphatic heterocycles. The first kappa shape index (κ1) is 12.9. The fraction of sp³-hybridized carbons (Fsp3) is 0.533. The van der Waals surface area contributed by atoms with E-state index in [2.05, 4.69) is 12.2 Å². The Labute approximate surface area is 109 Å². The Balaban J connectivity index is 2.10. The van der Waals surface area contributed by atoms with Gasteiger partial charge in [-0.3, -0.25) is 4.79 Å². The summed E-state index contributed by atoms with van der Waals surface area (Å²) in [6, 6.07) is 4.01. The number of carbonyl (C=O) groups is 1. The summed E-state index contributed by atoms with van der Waals surface area (Å²) < 4.78 is 0. The van der Waals surface area contributed by atoms with E-state index in [1.54, 1.807) is 6.07 Å². The van der Waals surface area contributed by atoms with Gasteiger partial charge in [-0.1, -0.05) is 12.5 Å². The Kier molecular flexibility index (Phi) is 3.60. The van der Waals surface area contributed by atoms with Crippen molar-refractivity contribution >= 4 is 11.6 Å². The van der Waals surface area contributed by atoms with Gasteiger partial charge in [-0.05, 0) is 56.7 Å². The third-order valence-electron chi connectivity index (χ3n) is 4.07. The molecule has 3 N–H and O–H groups in total. The molecule has 0 saturated heterocycles. The van der Waals surface area contributed by atoms with Gasteiger partial charge in [-0.25, -0.2) is 0 Å². The topological polar surface area (TPSA) is 55.1 Å². The predicted octanol–water partition coefficient (Wildman–Crippen LogP) is 2.80. The molecule has 18 heavy (non-hydrogen) atoms. The van der Waals surface area contributed by atoms with Gasteiger partial charge >= 0.3 is 0 Å². The molecule has 1 aromatic carbocycles. The summed E-state index contributed by atoms with van der Waals surface area (Å²) in [5.74, 6) is 0.649. The fourth-order valence-corrected chi connectivity index (χ4v) is 2.46. The molecule has 1 atom stereocenters. The molecule has 2 rings (SSSR count). The monoisotopic (exact) mass is 246 g/mol. The van der Waals surface area contributed by atoms with Crippen LogP contribution < -0.4 is 11.1 Å². The summed E-state index contributed by atoms with van der Waals surface area (Å²) in [7, 11) is 0. The van der Waals surface area contributed by atoms with Crippen molar-refractivity contribution in [3.05, 3.63) is 28.8 Å². The molecule has 98 valence electrons. The molecule has 1 fully saturated rings. The molecule has 1 unspecified atom stereocenters. The summed E-state index contributed by atoms with van der Waals surface area (Å²) in [4.78, 5) is 12.2. The Morgan fingerprint density at radius 2 is 2.00 bits per heavy atom. The van der Waals surface area contributed by atoms with Crippen molar-refractivity contribution in [3.63, 3.8) is 0 Å². The lowest BCUT2D eigenvalue weighted by molar-refractivity contribution is 0.0908. The maximum absolute atomic E-state index is 12.2. The Morgan fingerprint density at radius 1 is 1.33 bits per heavy atom. The molecule has 1 aromatic rings. The number of hydrogen-bond donors (Lipinski definition) is 2. The highest BCUT2D eigenvalue weighted by molar-refractivity contribution is 5.96. The first-order valence-electron chi connectivity index (χ1n) is 6.66. The number of nitrogen functional groups attached to an aromatic ring is 1. The van der Waals surface area contributed by atoms with Crippen LogP contribution in [0.2, 0.25) is 0 Å². The minimum atomic E-state index is -0.00130. The molecule has 1 amide bonds. The number of carbonyl (C=O) groups excluding carboxylic acids is 1. The van der Waals surface area contributed by atoms with Crippen molar-refractivity contribution in [1.82, 2.24) is 5.32 Å². The van der Waals surface area contributed by atoms with Crippen molar-refractivity contribution in [2.45, 2.75) is 46.1 Å². The van der Waals surface area contributed by atoms with E-state index in [0.717, 1.165) is 11.1 Å². The first-order chi connectivity index (χ1) is 8.49. The molecule has 0 bridgehead atoms. The second-order valence-corrected chi connectivity index (χ2v) is 5.48. The fourth-order valence-electron chi connectivity index (χ4n) is 2.46. The van der Waals surface area contributed by atoms with E-state index in [9.17, 15) is 4.79 Å². The van der Waals surface area contributed by atoms with Gasteiger partial charge in [0.1, 0.15) is 0 Å². The minimum Gasteiger partial charge on any atom is -0.398 e. The van der Waals surface area contributed by atoms with E-state index >= 15 is 0 Å². The lowest BCUT2D eigenvalue weighted by atomic mass is 9.80. The molecule has 1 aliphatic carbocycles. The lowest BCUT2D eigenvalue weighted by Gasteiger charge is -2.32. The number of nitrogens with one attached hydrogen (secondary N) is 1. The van der Waals surface area contributed by atoms with E-state index in [1.807, 2.05) is 19.9 Å². The van der Waals surface area contributed by atoms with Gasteiger partial charge < -0.3 is 11.1 Å². The molecular formula is C15H22N2O. The third kappa shape index (κ3) is 2.50. The van der Waals surface area contributed by atoms with E-state index < -0.39 is 0 Å². The van der Waals surface area contributed by atoms with E-state index in [1.165, 1.54) is 19.3 Å². The Bertz CT molecular complexity index is 464. The van der Waals surface area contributed by atoms with Crippen LogP contribution in [0.5, 0.6) is 0 Å². The van der Waals surface area contributed by atoms with Gasteiger partial charge in [-0.15, -0.1) is 0 Å². The van der Waals surface area contributed by atoms with Crippen LogP contribution in [0.15, 0.2) is 12.1 Å². The molecule has 1 aliphatic rings. The SMILES string of the molecule is Cc1cc(C)c(C(=O)NC(C)C2CCC2)cc1N. The zero-order valence-corrected chi connectivity index (χ0v) is 11.4. The largest absolute Gasteiger partial charge is 0.398 e. The molecule has 0 spiro atoms. The van der Waals surface area contributed by atoms with Crippen LogP contribution in [0, 0.1) is 19.8 Å². The highest BCUT2D eigenvalue weighted by Crippen LogP contribution is 2.29. The normalized spacial score (nSPS) is 17.1. The minimum absolute atomic E-state index is 0.00130. The first-order valence-corrected chi connectivity index (χ1v) is 6.66. The number of benzene rings is 1. The van der Waals surface area contributed by atoms with Gasteiger partial charge in [0.25, 0.3) is 5.91 Å². The van der Waals surface area contributed by atoms with Crippen LogP contribution in [-0.2, 0) is 0 Å². The zero-order chi connectivity index (χ0) is 13.3. The summed E-state index contributed by atoms with van der Waals surface area (Å²) in [5, 5.41) is 3.09. The van der Waals surface area contributed by atoms with E-state index in [0.29, 0.717) is 17.2 Å². The van der Waals surface area contributed by atoms with Crippen LogP contribution >= 0.6 is 0 Å².